The van der Waals surface area contributed by atoms with Gasteiger partial charge in [-0.1, -0.05) is 43.2 Å². The van der Waals surface area contributed by atoms with Crippen molar-refractivity contribution in [2.24, 2.45) is 0 Å². The Balaban J connectivity index is 1.35. The predicted molar refractivity (Wildman–Crippen MR) is 98.1 cm³/mol. The van der Waals surface area contributed by atoms with Gasteiger partial charge in [-0.05, 0) is 53.7 Å². The molecule has 0 amide bonds. The average molecular weight is 409 g/mol. The molecule has 2 aromatic rings. The summed E-state index contributed by atoms with van der Waals surface area (Å²) in [6.07, 6.45) is 9.15. The highest BCUT2D eigenvalue weighted by Crippen LogP contribution is 2.43. The molecule has 2 fully saturated rings. The van der Waals surface area contributed by atoms with E-state index >= 15 is 0 Å². The van der Waals surface area contributed by atoms with E-state index in [1.807, 2.05) is 24.3 Å². The van der Waals surface area contributed by atoms with Crippen LogP contribution >= 0.6 is 27.7 Å². The first-order valence-corrected chi connectivity index (χ1v) is 10.4. The molecule has 24 heavy (non-hydrogen) atoms. The summed E-state index contributed by atoms with van der Waals surface area (Å²) in [4.78, 5) is 0. The molecule has 2 aliphatic rings. The van der Waals surface area contributed by atoms with Crippen LogP contribution in [0.4, 0.5) is 0 Å². The zero-order valence-electron chi connectivity index (χ0n) is 13.5. The molecule has 128 valence electrons. The Morgan fingerprint density at radius 3 is 2.79 bits per heavy atom. The van der Waals surface area contributed by atoms with E-state index in [9.17, 15) is 0 Å². The van der Waals surface area contributed by atoms with Gasteiger partial charge in [0.15, 0.2) is 0 Å². The molecule has 1 aliphatic heterocycles. The summed E-state index contributed by atoms with van der Waals surface area (Å²) in [6.45, 7) is 0. The summed E-state index contributed by atoms with van der Waals surface area (Å²) >= 11 is 5.13. The maximum absolute atomic E-state index is 6.40. The molecule has 4 rings (SSSR count). The Hall–Kier alpha value is -0.850. The number of halogens is 1. The molecule has 1 aliphatic carbocycles. The van der Waals surface area contributed by atoms with Gasteiger partial charge in [-0.2, -0.15) is 0 Å². The van der Waals surface area contributed by atoms with Crippen molar-refractivity contribution in [3.63, 3.8) is 0 Å². The minimum atomic E-state index is 0.179. The fraction of sp³-hybridized carbons (Fsp3) is 0.556. The Bertz CT molecular complexity index is 700. The molecule has 1 saturated carbocycles. The smallest absolute Gasteiger partial charge is 0.276 e. The molecule has 1 unspecified atom stereocenters. The Labute approximate surface area is 154 Å². The topological polar surface area (TPSA) is 48.2 Å². The molecule has 1 saturated heterocycles. The Morgan fingerprint density at radius 1 is 1.12 bits per heavy atom. The number of nitrogens with zero attached hydrogens (tertiary/aromatic N) is 2. The zero-order chi connectivity index (χ0) is 16.4. The minimum absolute atomic E-state index is 0.179. The van der Waals surface area contributed by atoms with Crippen LogP contribution in [0.25, 0.3) is 11.5 Å². The van der Waals surface area contributed by atoms with Crippen molar-refractivity contribution in [3.8, 4) is 11.5 Å². The van der Waals surface area contributed by atoms with E-state index < -0.39 is 0 Å². The van der Waals surface area contributed by atoms with Gasteiger partial charge in [0, 0.05) is 10.2 Å². The summed E-state index contributed by atoms with van der Waals surface area (Å²) in [5.74, 6) is 1.44. The van der Waals surface area contributed by atoms with Crippen LogP contribution in [0.2, 0.25) is 0 Å². The molecule has 4 nitrogen and oxygen atoms in total. The van der Waals surface area contributed by atoms with E-state index in [0.29, 0.717) is 17.2 Å². The average Bonchev–Trinajstić information content (AvgIpc) is 3.22. The molecular formula is C18H21BrN2O2S. The lowest BCUT2D eigenvalue weighted by atomic mass is 9.83. The van der Waals surface area contributed by atoms with Crippen LogP contribution in [-0.2, 0) is 4.74 Å². The molecular weight excluding hydrogens is 388 g/mol. The van der Waals surface area contributed by atoms with Crippen molar-refractivity contribution in [2.45, 2.75) is 61.9 Å². The molecule has 1 aromatic carbocycles. The second kappa shape index (κ2) is 7.18. The van der Waals surface area contributed by atoms with Crippen molar-refractivity contribution < 1.29 is 9.15 Å². The molecule has 0 N–H and O–H groups in total. The molecule has 1 aromatic heterocycles. The van der Waals surface area contributed by atoms with E-state index in [1.54, 1.807) is 11.8 Å². The number of ether oxygens (including phenoxy) is 1. The van der Waals surface area contributed by atoms with Crippen molar-refractivity contribution in [3.05, 3.63) is 28.7 Å². The van der Waals surface area contributed by atoms with Crippen LogP contribution in [0.5, 0.6) is 0 Å². The molecule has 0 bridgehead atoms. The van der Waals surface area contributed by atoms with Crippen molar-refractivity contribution in [2.75, 3.05) is 5.75 Å². The van der Waals surface area contributed by atoms with E-state index in [-0.39, 0.29) is 5.60 Å². The van der Waals surface area contributed by atoms with Gasteiger partial charge in [-0.15, -0.1) is 10.2 Å². The predicted octanol–water partition coefficient (Wildman–Crippen LogP) is 5.47. The summed E-state index contributed by atoms with van der Waals surface area (Å²) < 4.78 is 13.2. The van der Waals surface area contributed by atoms with Gasteiger partial charge in [0.05, 0.1) is 17.3 Å². The van der Waals surface area contributed by atoms with Crippen LogP contribution in [0.3, 0.4) is 0 Å². The van der Waals surface area contributed by atoms with Crippen LogP contribution in [-0.4, -0.2) is 27.7 Å². The van der Waals surface area contributed by atoms with E-state index in [4.69, 9.17) is 9.15 Å². The second-order valence-corrected chi connectivity index (χ2v) is 8.51. The Kier molecular flexibility index (Phi) is 4.97. The van der Waals surface area contributed by atoms with Gasteiger partial charge in [-0.25, -0.2) is 0 Å². The minimum Gasteiger partial charge on any atom is -0.411 e. The van der Waals surface area contributed by atoms with Crippen LogP contribution < -0.4 is 0 Å². The molecule has 6 heteroatoms. The van der Waals surface area contributed by atoms with Gasteiger partial charge in [0.1, 0.15) is 0 Å². The first-order valence-electron chi connectivity index (χ1n) is 8.63. The third kappa shape index (κ3) is 3.55. The lowest BCUT2D eigenvalue weighted by Crippen LogP contribution is -2.32. The zero-order valence-corrected chi connectivity index (χ0v) is 15.9. The third-order valence-electron chi connectivity index (χ3n) is 5.01. The van der Waals surface area contributed by atoms with Gasteiger partial charge in [0.2, 0.25) is 5.89 Å². The first kappa shape index (κ1) is 16.6. The molecule has 0 radical (unpaired) electrons. The van der Waals surface area contributed by atoms with Gasteiger partial charge in [0.25, 0.3) is 5.22 Å². The van der Waals surface area contributed by atoms with Crippen LogP contribution in [0.1, 0.15) is 44.9 Å². The van der Waals surface area contributed by atoms with Gasteiger partial charge < -0.3 is 9.15 Å². The van der Waals surface area contributed by atoms with Crippen molar-refractivity contribution in [1.29, 1.82) is 0 Å². The van der Waals surface area contributed by atoms with Gasteiger partial charge >= 0.3 is 0 Å². The number of rotatable bonds is 4. The third-order valence-corrected chi connectivity index (χ3v) is 6.65. The Morgan fingerprint density at radius 2 is 1.96 bits per heavy atom. The second-order valence-electron chi connectivity index (χ2n) is 6.69. The summed E-state index contributed by atoms with van der Waals surface area (Å²) in [7, 11) is 0. The lowest BCUT2D eigenvalue weighted by Gasteiger charge is -2.33. The highest BCUT2D eigenvalue weighted by atomic mass is 79.9. The highest BCUT2D eigenvalue weighted by molar-refractivity contribution is 9.10. The number of aromatic nitrogens is 2. The molecule has 1 atom stereocenters. The number of benzene rings is 1. The van der Waals surface area contributed by atoms with E-state index in [2.05, 4.69) is 26.1 Å². The fourth-order valence-corrected chi connectivity index (χ4v) is 5.01. The van der Waals surface area contributed by atoms with Crippen LogP contribution in [0, 0.1) is 0 Å². The largest absolute Gasteiger partial charge is 0.411 e. The van der Waals surface area contributed by atoms with E-state index in [1.165, 1.54) is 38.5 Å². The first-order chi connectivity index (χ1) is 11.7. The number of thioether (sulfide) groups is 1. The summed E-state index contributed by atoms with van der Waals surface area (Å²) in [5.41, 5.74) is 1.10. The normalized spacial score (nSPS) is 23.0. The monoisotopic (exact) mass is 408 g/mol. The van der Waals surface area contributed by atoms with E-state index in [0.717, 1.165) is 22.2 Å². The highest BCUT2D eigenvalue weighted by Gasteiger charge is 2.40. The standard InChI is InChI=1S/C18H21BrN2O2S/c19-15-7-3-2-6-14(15)16-20-21-17(22-16)24-12-13-8-11-18(23-13)9-4-1-5-10-18/h2-3,6-7,13H,1,4-5,8-12H2. The quantitative estimate of drug-likeness (QED) is 0.627. The fourth-order valence-electron chi connectivity index (χ4n) is 3.75. The maximum Gasteiger partial charge on any atom is 0.276 e. The number of hydrogen-bond acceptors (Lipinski definition) is 5. The lowest BCUT2D eigenvalue weighted by molar-refractivity contribution is -0.0555. The SMILES string of the molecule is Brc1ccccc1-c1nnc(SCC2CCC3(CCCCC3)O2)o1. The summed E-state index contributed by atoms with van der Waals surface area (Å²) in [6, 6.07) is 7.88. The molecule has 1 spiro atoms. The summed E-state index contributed by atoms with van der Waals surface area (Å²) in [5, 5.41) is 8.96. The maximum atomic E-state index is 6.40. The van der Waals surface area contributed by atoms with Crippen molar-refractivity contribution in [1.82, 2.24) is 10.2 Å². The number of hydrogen-bond donors (Lipinski definition) is 0. The molecule has 2 heterocycles. The van der Waals surface area contributed by atoms with Crippen LogP contribution in [0.15, 0.2) is 38.4 Å². The van der Waals surface area contributed by atoms with Gasteiger partial charge in [-0.3, -0.25) is 0 Å². The van der Waals surface area contributed by atoms with Crippen molar-refractivity contribution >= 4 is 27.7 Å².